The molecule has 2 rings (SSSR count). The molecule has 0 saturated carbocycles. The fraction of sp³-hybridized carbons (Fsp3) is 0.440. The summed E-state index contributed by atoms with van der Waals surface area (Å²) in [5.41, 5.74) is 4.29. The minimum atomic E-state index is -3.73. The number of likely N-dealkylation sites (N-methyl/N-ethyl adjacent to an activating group) is 1. The van der Waals surface area contributed by atoms with Crippen LogP contribution >= 0.6 is 0 Å². The zero-order valence-corrected chi connectivity index (χ0v) is 21.2. The Morgan fingerprint density at radius 3 is 2.18 bits per heavy atom. The lowest BCUT2D eigenvalue weighted by molar-refractivity contribution is -0.140. The standard InChI is InChI=1S/C25H35N3O4S/c1-7-23(25(30)26-8-2)27(16-21-12-10-9-11-19(21)4)24(29)17-28(33(6,31)32)22-14-13-18(3)20(5)15-22/h9-15,23H,7-8,16-17H2,1-6H3,(H,26,30)/t23-/m0/s1. The smallest absolute Gasteiger partial charge is 0.244 e. The molecule has 180 valence electrons. The lowest BCUT2D eigenvalue weighted by Crippen LogP contribution is -2.52. The molecule has 0 fully saturated rings. The third-order valence-electron chi connectivity index (χ3n) is 5.80. The number of aryl methyl sites for hydroxylation is 3. The first-order chi connectivity index (χ1) is 15.5. The molecule has 0 aliphatic carbocycles. The summed E-state index contributed by atoms with van der Waals surface area (Å²) < 4.78 is 26.4. The Bertz CT molecular complexity index is 1100. The van der Waals surface area contributed by atoms with Gasteiger partial charge in [-0.3, -0.25) is 13.9 Å². The second kappa shape index (κ2) is 11.3. The maximum absolute atomic E-state index is 13.6. The lowest BCUT2D eigenvalue weighted by atomic mass is 10.1. The fourth-order valence-electron chi connectivity index (χ4n) is 3.68. The average molecular weight is 474 g/mol. The van der Waals surface area contributed by atoms with Gasteiger partial charge in [0.1, 0.15) is 12.6 Å². The molecule has 1 N–H and O–H groups in total. The molecule has 2 aromatic rings. The molecule has 2 amide bonds. The zero-order chi connectivity index (χ0) is 24.8. The van der Waals surface area contributed by atoms with E-state index in [0.717, 1.165) is 32.8 Å². The number of carbonyl (C=O) groups is 2. The van der Waals surface area contributed by atoms with Crippen LogP contribution in [-0.2, 0) is 26.2 Å². The maximum Gasteiger partial charge on any atom is 0.244 e. The summed E-state index contributed by atoms with van der Waals surface area (Å²) in [5, 5.41) is 2.80. The molecular formula is C25H35N3O4S. The number of amides is 2. The summed E-state index contributed by atoms with van der Waals surface area (Å²) in [6.07, 6.45) is 1.49. The van der Waals surface area contributed by atoms with E-state index in [1.165, 1.54) is 4.90 Å². The van der Waals surface area contributed by atoms with Gasteiger partial charge in [0.25, 0.3) is 0 Å². The van der Waals surface area contributed by atoms with Crippen molar-refractivity contribution in [1.82, 2.24) is 10.2 Å². The van der Waals surface area contributed by atoms with Gasteiger partial charge in [-0.1, -0.05) is 37.3 Å². The van der Waals surface area contributed by atoms with Crippen molar-refractivity contribution in [3.05, 3.63) is 64.7 Å². The minimum Gasteiger partial charge on any atom is -0.355 e. The van der Waals surface area contributed by atoms with Gasteiger partial charge in [0.05, 0.1) is 11.9 Å². The first kappa shape index (κ1) is 26.4. The summed E-state index contributed by atoms with van der Waals surface area (Å²) in [5.74, 6) is -0.681. The summed E-state index contributed by atoms with van der Waals surface area (Å²) in [7, 11) is -3.73. The lowest BCUT2D eigenvalue weighted by Gasteiger charge is -2.33. The van der Waals surface area contributed by atoms with E-state index >= 15 is 0 Å². The van der Waals surface area contributed by atoms with E-state index in [-0.39, 0.29) is 19.0 Å². The molecule has 0 spiro atoms. The van der Waals surface area contributed by atoms with Gasteiger partial charge in [-0.2, -0.15) is 0 Å². The van der Waals surface area contributed by atoms with Crippen LogP contribution in [0.5, 0.6) is 0 Å². The Balaban J connectivity index is 2.47. The van der Waals surface area contributed by atoms with Gasteiger partial charge in [-0.15, -0.1) is 0 Å². The topological polar surface area (TPSA) is 86.8 Å². The van der Waals surface area contributed by atoms with Crippen molar-refractivity contribution in [3.8, 4) is 0 Å². The molecule has 0 aromatic heterocycles. The maximum atomic E-state index is 13.6. The first-order valence-electron chi connectivity index (χ1n) is 11.2. The highest BCUT2D eigenvalue weighted by Gasteiger charge is 2.31. The minimum absolute atomic E-state index is 0.214. The number of nitrogens with one attached hydrogen (secondary N) is 1. The van der Waals surface area contributed by atoms with Gasteiger partial charge in [-0.05, 0) is 68.5 Å². The number of sulfonamides is 1. The van der Waals surface area contributed by atoms with Crippen LogP contribution in [0.25, 0.3) is 0 Å². The van der Waals surface area contributed by atoms with Crippen molar-refractivity contribution in [1.29, 1.82) is 0 Å². The van der Waals surface area contributed by atoms with Crippen molar-refractivity contribution >= 4 is 27.5 Å². The number of rotatable bonds is 10. The summed E-state index contributed by atoms with van der Waals surface area (Å²) >= 11 is 0. The Morgan fingerprint density at radius 1 is 0.970 bits per heavy atom. The number of carbonyl (C=O) groups excluding carboxylic acids is 2. The number of hydrogen-bond acceptors (Lipinski definition) is 4. The van der Waals surface area contributed by atoms with E-state index in [1.54, 1.807) is 12.1 Å². The first-order valence-corrected chi connectivity index (χ1v) is 13.0. The van der Waals surface area contributed by atoms with E-state index in [1.807, 2.05) is 65.0 Å². The highest BCUT2D eigenvalue weighted by molar-refractivity contribution is 7.92. The van der Waals surface area contributed by atoms with Gasteiger partial charge < -0.3 is 10.2 Å². The molecule has 0 bridgehead atoms. The quantitative estimate of drug-likeness (QED) is 0.574. The Kier molecular flexibility index (Phi) is 9.05. The summed E-state index contributed by atoms with van der Waals surface area (Å²) in [6, 6.07) is 12.2. The van der Waals surface area contributed by atoms with Crippen LogP contribution in [0.4, 0.5) is 5.69 Å². The van der Waals surface area contributed by atoms with Crippen LogP contribution in [-0.4, -0.2) is 50.5 Å². The van der Waals surface area contributed by atoms with Crippen LogP contribution < -0.4 is 9.62 Å². The van der Waals surface area contributed by atoms with Gasteiger partial charge in [0.2, 0.25) is 21.8 Å². The Morgan fingerprint density at radius 2 is 1.64 bits per heavy atom. The van der Waals surface area contributed by atoms with Gasteiger partial charge >= 0.3 is 0 Å². The van der Waals surface area contributed by atoms with Crippen molar-refractivity contribution < 1.29 is 18.0 Å². The molecule has 0 saturated heterocycles. The van der Waals surface area contributed by atoms with Gasteiger partial charge in [0.15, 0.2) is 0 Å². The SMILES string of the molecule is CCNC(=O)[C@H](CC)N(Cc1ccccc1C)C(=O)CN(c1ccc(C)c(C)c1)S(C)(=O)=O. The van der Waals surface area contributed by atoms with E-state index in [4.69, 9.17) is 0 Å². The summed E-state index contributed by atoms with van der Waals surface area (Å²) in [4.78, 5) is 27.9. The van der Waals surface area contributed by atoms with Gasteiger partial charge in [0, 0.05) is 13.1 Å². The van der Waals surface area contributed by atoms with Gasteiger partial charge in [-0.25, -0.2) is 8.42 Å². The van der Waals surface area contributed by atoms with E-state index in [0.29, 0.717) is 18.7 Å². The van der Waals surface area contributed by atoms with Crippen molar-refractivity contribution in [2.24, 2.45) is 0 Å². The highest BCUT2D eigenvalue weighted by atomic mass is 32.2. The molecule has 2 aromatic carbocycles. The average Bonchev–Trinajstić information content (AvgIpc) is 2.74. The van der Waals surface area contributed by atoms with E-state index < -0.39 is 22.0 Å². The normalized spacial score (nSPS) is 12.2. The van der Waals surface area contributed by atoms with Crippen molar-refractivity contribution in [3.63, 3.8) is 0 Å². The number of benzene rings is 2. The Labute approximate surface area is 197 Å². The van der Waals surface area contributed by atoms with Crippen molar-refractivity contribution in [2.75, 3.05) is 23.7 Å². The molecule has 0 radical (unpaired) electrons. The van der Waals surface area contributed by atoms with E-state index in [2.05, 4.69) is 5.32 Å². The molecule has 0 aliphatic rings. The third kappa shape index (κ3) is 6.81. The molecule has 0 unspecified atom stereocenters. The predicted octanol–water partition coefficient (Wildman–Crippen LogP) is 3.32. The second-order valence-electron chi connectivity index (χ2n) is 8.30. The predicted molar refractivity (Wildman–Crippen MR) is 133 cm³/mol. The van der Waals surface area contributed by atoms with Crippen LogP contribution in [0.1, 0.15) is 42.5 Å². The largest absolute Gasteiger partial charge is 0.355 e. The molecule has 8 heteroatoms. The molecule has 7 nitrogen and oxygen atoms in total. The second-order valence-corrected chi connectivity index (χ2v) is 10.2. The highest BCUT2D eigenvalue weighted by Crippen LogP contribution is 2.23. The number of nitrogens with zero attached hydrogens (tertiary/aromatic N) is 2. The van der Waals surface area contributed by atoms with Crippen LogP contribution in [0.3, 0.4) is 0 Å². The monoisotopic (exact) mass is 473 g/mol. The fourth-order valence-corrected chi connectivity index (χ4v) is 4.52. The van der Waals surface area contributed by atoms with Crippen LogP contribution in [0.2, 0.25) is 0 Å². The Hall–Kier alpha value is -2.87. The molecular weight excluding hydrogens is 438 g/mol. The summed E-state index contributed by atoms with van der Waals surface area (Å²) in [6.45, 7) is 9.72. The van der Waals surface area contributed by atoms with E-state index in [9.17, 15) is 18.0 Å². The molecule has 1 atom stereocenters. The molecule has 0 heterocycles. The number of anilines is 1. The molecule has 33 heavy (non-hydrogen) atoms. The third-order valence-corrected chi connectivity index (χ3v) is 6.94. The molecule has 0 aliphatic heterocycles. The van der Waals surface area contributed by atoms with Crippen LogP contribution in [0.15, 0.2) is 42.5 Å². The van der Waals surface area contributed by atoms with Crippen molar-refractivity contribution in [2.45, 2.75) is 53.6 Å². The number of hydrogen-bond donors (Lipinski definition) is 1. The zero-order valence-electron chi connectivity index (χ0n) is 20.4. The van der Waals surface area contributed by atoms with Crippen LogP contribution in [0, 0.1) is 20.8 Å².